The third kappa shape index (κ3) is 2.58. The van der Waals surface area contributed by atoms with E-state index < -0.39 is 0 Å². The summed E-state index contributed by atoms with van der Waals surface area (Å²) in [5.74, 6) is 0. The number of alkyl halides is 1. The van der Waals surface area contributed by atoms with Gasteiger partial charge < -0.3 is 17.0 Å². The quantitative estimate of drug-likeness (QED) is 0.532. The molecule has 0 aliphatic carbocycles. The summed E-state index contributed by atoms with van der Waals surface area (Å²) >= 11 is 3.47. The van der Waals surface area contributed by atoms with Crippen LogP contribution in [0.4, 0.5) is 0 Å². The molecule has 0 bridgehead atoms. The molecule has 0 saturated carbocycles. The third-order valence-electron chi connectivity index (χ3n) is 2.47. The molecular weight excluding hydrogens is 318 g/mol. The summed E-state index contributed by atoms with van der Waals surface area (Å²) in [4.78, 5) is 0. The molecule has 3 heteroatoms. The first-order valence-corrected chi connectivity index (χ1v) is 5.89. The number of aryl methyl sites for hydroxylation is 2. The van der Waals surface area contributed by atoms with Crippen molar-refractivity contribution in [3.8, 4) is 0 Å². The van der Waals surface area contributed by atoms with E-state index in [-0.39, 0.29) is 17.0 Å². The molecule has 80 valence electrons. The molecule has 0 N–H and O–H groups in total. The van der Waals surface area contributed by atoms with E-state index in [2.05, 4.69) is 63.9 Å². The van der Waals surface area contributed by atoms with Crippen LogP contribution in [0.1, 0.15) is 5.56 Å². The topological polar surface area (TPSA) is 3.88 Å². The van der Waals surface area contributed by atoms with Crippen LogP contribution in [0, 0.1) is 6.92 Å². The molecule has 0 saturated heterocycles. The predicted octanol–water partition coefficient (Wildman–Crippen LogP) is -0.165. The van der Waals surface area contributed by atoms with Crippen molar-refractivity contribution < 1.29 is 21.5 Å². The number of fused-ring (bicyclic) bond motifs is 1. The zero-order valence-corrected chi connectivity index (χ0v) is 11.8. The van der Waals surface area contributed by atoms with Gasteiger partial charge in [0.25, 0.3) is 0 Å². The highest BCUT2D eigenvalue weighted by Gasteiger charge is 2.08. The van der Waals surface area contributed by atoms with Crippen molar-refractivity contribution in [3.05, 3.63) is 42.1 Å². The molecule has 0 aliphatic rings. The summed E-state index contributed by atoms with van der Waals surface area (Å²) in [6, 6.07) is 10.7. The molecule has 2 aromatic rings. The van der Waals surface area contributed by atoms with Gasteiger partial charge in [-0.1, -0.05) is 28.1 Å². The van der Waals surface area contributed by atoms with E-state index in [0.717, 1.165) is 11.9 Å². The third-order valence-corrected chi connectivity index (χ3v) is 2.82. The van der Waals surface area contributed by atoms with Gasteiger partial charge in [0.05, 0.1) is 5.33 Å². The van der Waals surface area contributed by atoms with Crippen molar-refractivity contribution in [2.45, 2.75) is 13.5 Å². The van der Waals surface area contributed by atoms with Crippen molar-refractivity contribution in [2.24, 2.45) is 0 Å². The Morgan fingerprint density at radius 1 is 1.20 bits per heavy atom. The molecule has 0 fully saturated rings. The largest absolute Gasteiger partial charge is 1.00 e. The van der Waals surface area contributed by atoms with E-state index in [4.69, 9.17) is 0 Å². The monoisotopic (exact) mass is 329 g/mol. The second-order valence-corrected chi connectivity index (χ2v) is 4.19. The van der Waals surface area contributed by atoms with Gasteiger partial charge in [-0.2, -0.15) is 4.57 Å². The normalized spacial score (nSPS) is 10.0. The number of rotatable bonds is 2. The van der Waals surface area contributed by atoms with Gasteiger partial charge in [0, 0.05) is 17.5 Å². The van der Waals surface area contributed by atoms with Crippen LogP contribution in [0.5, 0.6) is 0 Å². The number of hydrogen-bond acceptors (Lipinski definition) is 0. The maximum absolute atomic E-state index is 3.47. The lowest BCUT2D eigenvalue weighted by atomic mass is 10.1. The Morgan fingerprint density at radius 2 is 1.93 bits per heavy atom. The summed E-state index contributed by atoms with van der Waals surface area (Å²) in [5.41, 5.74) is 2.65. The molecule has 1 heterocycles. The lowest BCUT2D eigenvalue weighted by molar-refractivity contribution is -0.666. The molecule has 1 aromatic heterocycles. The fourth-order valence-electron chi connectivity index (χ4n) is 1.72. The number of halogens is 2. The molecular formula is C12H13Br2N. The van der Waals surface area contributed by atoms with E-state index in [0.29, 0.717) is 0 Å². The lowest BCUT2D eigenvalue weighted by Crippen LogP contribution is -3.00. The molecule has 2 rings (SSSR count). The van der Waals surface area contributed by atoms with Gasteiger partial charge in [0.15, 0.2) is 12.7 Å². The SMILES string of the molecule is Cc1cc[n+](CCBr)c2ccccc12.[Br-]. The van der Waals surface area contributed by atoms with Crippen LogP contribution in [0.15, 0.2) is 36.5 Å². The van der Waals surface area contributed by atoms with E-state index in [1.807, 2.05) is 0 Å². The van der Waals surface area contributed by atoms with Crippen molar-refractivity contribution >= 4 is 26.8 Å². The van der Waals surface area contributed by atoms with Gasteiger partial charge in [-0.05, 0) is 18.6 Å². The molecule has 1 nitrogen and oxygen atoms in total. The van der Waals surface area contributed by atoms with Gasteiger partial charge in [-0.15, -0.1) is 0 Å². The fourth-order valence-corrected chi connectivity index (χ4v) is 2.10. The summed E-state index contributed by atoms with van der Waals surface area (Å²) in [7, 11) is 0. The standard InChI is InChI=1S/C12H13BrN.BrH/c1-10-6-8-14(9-7-13)12-5-3-2-4-11(10)12;/h2-6,8H,7,9H2,1H3;1H/q+1;/p-1. The van der Waals surface area contributed by atoms with Gasteiger partial charge in [0.2, 0.25) is 5.52 Å². The number of para-hydroxylation sites is 1. The van der Waals surface area contributed by atoms with Gasteiger partial charge in [-0.3, -0.25) is 0 Å². The lowest BCUT2D eigenvalue weighted by Gasteiger charge is -2.01. The Kier molecular flexibility index (Phi) is 4.74. The minimum Gasteiger partial charge on any atom is -1.00 e. The molecule has 0 atom stereocenters. The molecule has 0 aliphatic heterocycles. The van der Waals surface area contributed by atoms with E-state index in [1.54, 1.807) is 0 Å². The average Bonchev–Trinajstić information content (AvgIpc) is 2.23. The van der Waals surface area contributed by atoms with Crippen molar-refractivity contribution in [2.75, 3.05) is 5.33 Å². The van der Waals surface area contributed by atoms with E-state index >= 15 is 0 Å². The number of hydrogen-bond donors (Lipinski definition) is 0. The van der Waals surface area contributed by atoms with Gasteiger partial charge in [-0.25, -0.2) is 0 Å². The smallest absolute Gasteiger partial charge is 0.212 e. The molecule has 0 unspecified atom stereocenters. The van der Waals surface area contributed by atoms with Crippen LogP contribution < -0.4 is 21.5 Å². The Morgan fingerprint density at radius 3 is 2.67 bits per heavy atom. The first-order chi connectivity index (χ1) is 6.83. The van der Waals surface area contributed by atoms with Crippen molar-refractivity contribution in [3.63, 3.8) is 0 Å². The highest BCUT2D eigenvalue weighted by Crippen LogP contribution is 2.13. The second-order valence-electron chi connectivity index (χ2n) is 3.40. The van der Waals surface area contributed by atoms with Crippen LogP contribution in [-0.2, 0) is 6.54 Å². The minimum atomic E-state index is 0. The molecule has 0 radical (unpaired) electrons. The first kappa shape index (κ1) is 12.7. The molecule has 1 aromatic carbocycles. The maximum atomic E-state index is 3.47. The van der Waals surface area contributed by atoms with Gasteiger partial charge in [0.1, 0.15) is 0 Å². The number of pyridine rings is 1. The summed E-state index contributed by atoms with van der Waals surface area (Å²) in [5, 5.41) is 2.33. The maximum Gasteiger partial charge on any atom is 0.212 e. The Labute approximate surface area is 109 Å². The zero-order chi connectivity index (χ0) is 9.97. The van der Waals surface area contributed by atoms with Crippen LogP contribution in [0.2, 0.25) is 0 Å². The van der Waals surface area contributed by atoms with Crippen LogP contribution >= 0.6 is 15.9 Å². The zero-order valence-electron chi connectivity index (χ0n) is 8.58. The summed E-state index contributed by atoms with van der Waals surface area (Å²) in [6.07, 6.45) is 2.15. The molecule has 15 heavy (non-hydrogen) atoms. The predicted molar refractivity (Wildman–Crippen MR) is 62.7 cm³/mol. The molecule has 0 spiro atoms. The fraction of sp³-hybridized carbons (Fsp3) is 0.250. The Balaban J connectivity index is 0.00000112. The number of aromatic nitrogens is 1. The average molecular weight is 331 g/mol. The highest BCUT2D eigenvalue weighted by atomic mass is 79.9. The first-order valence-electron chi connectivity index (χ1n) is 4.76. The highest BCUT2D eigenvalue weighted by molar-refractivity contribution is 9.09. The minimum absolute atomic E-state index is 0. The second kappa shape index (κ2) is 5.61. The Hall–Kier alpha value is -0.410. The molecule has 0 amide bonds. The van der Waals surface area contributed by atoms with Crippen LogP contribution in [0.25, 0.3) is 10.9 Å². The number of nitrogens with zero attached hydrogens (tertiary/aromatic N) is 1. The van der Waals surface area contributed by atoms with Crippen molar-refractivity contribution in [1.29, 1.82) is 0 Å². The van der Waals surface area contributed by atoms with Gasteiger partial charge >= 0.3 is 0 Å². The van der Waals surface area contributed by atoms with E-state index in [9.17, 15) is 0 Å². The van der Waals surface area contributed by atoms with Crippen LogP contribution in [-0.4, -0.2) is 5.33 Å². The van der Waals surface area contributed by atoms with E-state index in [1.165, 1.54) is 16.5 Å². The van der Waals surface area contributed by atoms with Crippen molar-refractivity contribution in [1.82, 2.24) is 0 Å². The van der Waals surface area contributed by atoms with Crippen LogP contribution in [0.3, 0.4) is 0 Å². The number of benzene rings is 1. The Bertz CT molecular complexity index is 454. The summed E-state index contributed by atoms with van der Waals surface area (Å²) < 4.78 is 2.27. The summed E-state index contributed by atoms with van der Waals surface area (Å²) in [6.45, 7) is 3.17.